The lowest BCUT2D eigenvalue weighted by Crippen LogP contribution is -2.22. The highest BCUT2D eigenvalue weighted by molar-refractivity contribution is 5.05. The van der Waals surface area contributed by atoms with Gasteiger partial charge < -0.3 is 0 Å². The zero-order chi connectivity index (χ0) is 7.19. The van der Waals surface area contributed by atoms with Crippen LogP contribution in [0.15, 0.2) is 0 Å². The predicted octanol–water partition coefficient (Wildman–Crippen LogP) is 3.04. The summed E-state index contributed by atoms with van der Waals surface area (Å²) in [4.78, 5) is 0. The quantitative estimate of drug-likeness (QED) is 0.481. The van der Waals surface area contributed by atoms with Gasteiger partial charge in [0.15, 0.2) is 0 Å². The van der Waals surface area contributed by atoms with E-state index in [0.717, 1.165) is 11.8 Å². The maximum atomic E-state index is 2.63. The number of rotatable bonds is 0. The van der Waals surface area contributed by atoms with Gasteiger partial charge in [-0.05, 0) is 49.4 Å². The molecule has 3 unspecified atom stereocenters. The Morgan fingerprint density at radius 1 is 1.30 bits per heavy atom. The second-order valence-electron chi connectivity index (χ2n) is 4.54. The molecule has 2 aliphatic carbocycles. The molecule has 0 aromatic carbocycles. The molecule has 2 bridgehead atoms. The van der Waals surface area contributed by atoms with Crippen molar-refractivity contribution in [2.75, 3.05) is 0 Å². The van der Waals surface area contributed by atoms with Crippen LogP contribution in [-0.2, 0) is 0 Å². The van der Waals surface area contributed by atoms with Crippen LogP contribution in [0.2, 0.25) is 0 Å². The van der Waals surface area contributed by atoms with Crippen molar-refractivity contribution in [2.24, 2.45) is 17.3 Å². The maximum Gasteiger partial charge on any atom is -0.0292 e. The van der Waals surface area contributed by atoms with Crippen LogP contribution in [0, 0.1) is 23.7 Å². The van der Waals surface area contributed by atoms with E-state index in [2.05, 4.69) is 20.3 Å². The first-order chi connectivity index (χ1) is 4.70. The summed E-state index contributed by atoms with van der Waals surface area (Å²) in [6.45, 7) is 4.84. The van der Waals surface area contributed by atoms with Crippen molar-refractivity contribution in [1.29, 1.82) is 0 Å². The number of fused-ring (bicyclic) bond motifs is 2. The van der Waals surface area contributed by atoms with Gasteiger partial charge in [-0.1, -0.05) is 13.8 Å². The molecule has 0 aromatic heterocycles. The smallest absolute Gasteiger partial charge is 0.0292 e. The number of hydrogen-bond donors (Lipinski definition) is 0. The third kappa shape index (κ3) is 0.889. The molecule has 2 saturated carbocycles. The Balaban J connectivity index is 2.12. The van der Waals surface area contributed by atoms with Crippen LogP contribution in [0.4, 0.5) is 0 Å². The van der Waals surface area contributed by atoms with Crippen LogP contribution in [0.1, 0.15) is 39.5 Å². The first-order valence-corrected chi connectivity index (χ1v) is 4.56. The summed E-state index contributed by atoms with van der Waals surface area (Å²) < 4.78 is 0. The lowest BCUT2D eigenvalue weighted by Gasteiger charge is -2.32. The predicted molar refractivity (Wildman–Crippen MR) is 43.5 cm³/mol. The Labute approximate surface area is 64.0 Å². The van der Waals surface area contributed by atoms with Gasteiger partial charge in [0.05, 0.1) is 0 Å². The molecule has 0 heteroatoms. The van der Waals surface area contributed by atoms with E-state index in [9.17, 15) is 0 Å². The van der Waals surface area contributed by atoms with Gasteiger partial charge in [-0.25, -0.2) is 0 Å². The fraction of sp³-hybridized carbons (Fsp3) is 0.900. The minimum atomic E-state index is 0.650. The molecule has 0 saturated heterocycles. The highest BCUT2D eigenvalue weighted by atomic mass is 14.5. The summed E-state index contributed by atoms with van der Waals surface area (Å²) in [5.74, 6) is 1.95. The second-order valence-corrected chi connectivity index (χ2v) is 4.54. The average Bonchev–Trinajstić information content (AvgIpc) is 2.23. The Morgan fingerprint density at radius 2 is 2.00 bits per heavy atom. The van der Waals surface area contributed by atoms with Crippen molar-refractivity contribution in [3.8, 4) is 0 Å². The molecule has 0 aromatic rings. The highest BCUT2D eigenvalue weighted by Crippen LogP contribution is 2.52. The van der Waals surface area contributed by atoms with E-state index in [1.165, 1.54) is 25.7 Å². The molecule has 0 nitrogen and oxygen atoms in total. The van der Waals surface area contributed by atoms with Crippen molar-refractivity contribution in [3.05, 3.63) is 6.42 Å². The minimum Gasteiger partial charge on any atom is -0.0622 e. The first-order valence-electron chi connectivity index (χ1n) is 4.56. The third-order valence-electron chi connectivity index (χ3n) is 3.57. The molecule has 0 aliphatic heterocycles. The molecule has 1 radical (unpaired) electrons. The van der Waals surface area contributed by atoms with Crippen LogP contribution in [-0.4, -0.2) is 0 Å². The van der Waals surface area contributed by atoms with Crippen molar-refractivity contribution in [3.63, 3.8) is 0 Å². The Bertz CT molecular complexity index is 139. The Kier molecular flexibility index (Phi) is 1.33. The molecule has 0 N–H and O–H groups in total. The third-order valence-corrected chi connectivity index (χ3v) is 3.57. The van der Waals surface area contributed by atoms with E-state index < -0.39 is 0 Å². The Hall–Kier alpha value is 0. The molecular weight excluding hydrogens is 120 g/mol. The standard InChI is InChI=1S/C10H17/c1-8-3-5-10(2)6-4-9(8)7-10/h7-9H,3-6H2,1-2H3. The van der Waals surface area contributed by atoms with E-state index in [0.29, 0.717) is 5.41 Å². The van der Waals surface area contributed by atoms with Gasteiger partial charge >= 0.3 is 0 Å². The molecule has 0 spiro atoms. The second kappa shape index (κ2) is 1.99. The van der Waals surface area contributed by atoms with Crippen LogP contribution >= 0.6 is 0 Å². The van der Waals surface area contributed by atoms with E-state index in [4.69, 9.17) is 0 Å². The van der Waals surface area contributed by atoms with Gasteiger partial charge in [-0.3, -0.25) is 0 Å². The molecule has 2 fully saturated rings. The van der Waals surface area contributed by atoms with Crippen molar-refractivity contribution < 1.29 is 0 Å². The summed E-state index contributed by atoms with van der Waals surface area (Å²) in [6, 6.07) is 0. The first kappa shape index (κ1) is 6.69. The zero-order valence-electron chi connectivity index (χ0n) is 7.06. The van der Waals surface area contributed by atoms with E-state index in [-0.39, 0.29) is 0 Å². The number of hydrogen-bond acceptors (Lipinski definition) is 0. The summed E-state index contributed by atoms with van der Waals surface area (Å²) >= 11 is 0. The van der Waals surface area contributed by atoms with Gasteiger partial charge in [0, 0.05) is 0 Å². The van der Waals surface area contributed by atoms with Crippen molar-refractivity contribution in [2.45, 2.75) is 39.5 Å². The van der Waals surface area contributed by atoms with E-state index in [1.54, 1.807) is 0 Å². The van der Waals surface area contributed by atoms with Crippen LogP contribution in [0.25, 0.3) is 0 Å². The highest BCUT2D eigenvalue weighted by Gasteiger charge is 2.41. The van der Waals surface area contributed by atoms with Crippen molar-refractivity contribution >= 4 is 0 Å². The van der Waals surface area contributed by atoms with E-state index >= 15 is 0 Å². The lowest BCUT2D eigenvalue weighted by atomic mass is 9.73. The molecule has 0 amide bonds. The lowest BCUT2D eigenvalue weighted by molar-refractivity contribution is 0.265. The fourth-order valence-corrected chi connectivity index (χ4v) is 2.61. The van der Waals surface area contributed by atoms with Gasteiger partial charge in [0.1, 0.15) is 0 Å². The largest absolute Gasteiger partial charge is 0.0622 e. The SMILES string of the molecule is CC1CCC2(C)[CH]C1CC2. The molecule has 2 aliphatic rings. The van der Waals surface area contributed by atoms with Crippen LogP contribution < -0.4 is 0 Å². The topological polar surface area (TPSA) is 0 Å². The summed E-state index contributed by atoms with van der Waals surface area (Å²) in [5, 5.41) is 0. The molecule has 10 heavy (non-hydrogen) atoms. The normalized spacial score (nSPS) is 53.4. The molecule has 2 rings (SSSR count). The van der Waals surface area contributed by atoms with Gasteiger partial charge in [-0.2, -0.15) is 0 Å². The van der Waals surface area contributed by atoms with Gasteiger partial charge in [0.2, 0.25) is 0 Å². The van der Waals surface area contributed by atoms with Gasteiger partial charge in [0.25, 0.3) is 0 Å². The van der Waals surface area contributed by atoms with E-state index in [1.807, 2.05) is 0 Å². The fourth-order valence-electron chi connectivity index (χ4n) is 2.61. The maximum absolute atomic E-state index is 2.63. The summed E-state index contributed by atoms with van der Waals surface area (Å²) in [6.07, 6.45) is 8.48. The molecule has 3 atom stereocenters. The summed E-state index contributed by atoms with van der Waals surface area (Å²) in [7, 11) is 0. The molecule has 57 valence electrons. The molecule has 0 heterocycles. The zero-order valence-corrected chi connectivity index (χ0v) is 7.06. The summed E-state index contributed by atoms with van der Waals surface area (Å²) in [5.41, 5.74) is 0.650. The van der Waals surface area contributed by atoms with Gasteiger partial charge in [-0.15, -0.1) is 0 Å². The average molecular weight is 137 g/mol. The monoisotopic (exact) mass is 137 g/mol. The Morgan fingerprint density at radius 3 is 2.70 bits per heavy atom. The van der Waals surface area contributed by atoms with Crippen LogP contribution in [0.5, 0.6) is 0 Å². The van der Waals surface area contributed by atoms with Crippen molar-refractivity contribution in [1.82, 2.24) is 0 Å². The van der Waals surface area contributed by atoms with Crippen LogP contribution in [0.3, 0.4) is 0 Å². The molecular formula is C10H17. The minimum absolute atomic E-state index is 0.650.